The lowest BCUT2D eigenvalue weighted by molar-refractivity contribution is 0.0934. The topological polar surface area (TPSA) is 59.1 Å². The lowest BCUT2D eigenvalue weighted by Gasteiger charge is -2.20. The van der Waals surface area contributed by atoms with Crippen LogP contribution in [-0.2, 0) is 10.8 Å². The fourth-order valence-corrected chi connectivity index (χ4v) is 4.79. The molecular weight excluding hydrogens is 423 g/mol. The highest BCUT2D eigenvalue weighted by Gasteiger charge is 2.25. The van der Waals surface area contributed by atoms with Gasteiger partial charge in [-0.1, -0.05) is 67.6 Å². The first kappa shape index (κ1) is 21.8. The standard InChI is InChI=1S/C26H23FN2O2S/c1-3-21(18-12-9-13-19(27)16-18)29-26(30)23-20-14-7-8-15-22(20)28-24(25(23)32(2)31)17-10-5-4-6-11-17/h4-16,21H,3H2,1-2H3,(H,29,30)/t21?,32-/m0/s1. The smallest absolute Gasteiger partial charge is 0.253 e. The Balaban J connectivity index is 1.89. The lowest BCUT2D eigenvalue weighted by Crippen LogP contribution is -2.29. The van der Waals surface area contributed by atoms with Crippen molar-refractivity contribution in [3.05, 3.63) is 95.8 Å². The molecule has 3 aromatic carbocycles. The van der Waals surface area contributed by atoms with Crippen molar-refractivity contribution in [2.24, 2.45) is 0 Å². The summed E-state index contributed by atoms with van der Waals surface area (Å²) < 4.78 is 26.7. The van der Waals surface area contributed by atoms with Gasteiger partial charge in [0.1, 0.15) is 5.82 Å². The highest BCUT2D eigenvalue weighted by Crippen LogP contribution is 2.33. The van der Waals surface area contributed by atoms with E-state index in [9.17, 15) is 13.4 Å². The molecule has 4 aromatic rings. The van der Waals surface area contributed by atoms with Crippen LogP contribution in [0.5, 0.6) is 0 Å². The number of amides is 1. The predicted octanol–water partition coefficient (Wildman–Crippen LogP) is 5.66. The summed E-state index contributed by atoms with van der Waals surface area (Å²) >= 11 is 0. The van der Waals surface area contributed by atoms with Gasteiger partial charge >= 0.3 is 0 Å². The third-order valence-electron chi connectivity index (χ3n) is 5.37. The molecule has 4 nitrogen and oxygen atoms in total. The van der Waals surface area contributed by atoms with Crippen LogP contribution in [-0.4, -0.2) is 21.4 Å². The minimum atomic E-state index is -1.48. The van der Waals surface area contributed by atoms with Gasteiger partial charge in [-0.2, -0.15) is 0 Å². The molecule has 0 bridgehead atoms. The number of nitrogens with one attached hydrogen (secondary N) is 1. The Morgan fingerprint density at radius 2 is 1.75 bits per heavy atom. The summed E-state index contributed by atoms with van der Waals surface area (Å²) in [5.74, 6) is -0.714. The summed E-state index contributed by atoms with van der Waals surface area (Å²) in [7, 11) is -1.48. The van der Waals surface area contributed by atoms with Gasteiger partial charge in [0.25, 0.3) is 5.91 Å². The van der Waals surface area contributed by atoms with Crippen molar-refractivity contribution < 1.29 is 13.4 Å². The van der Waals surface area contributed by atoms with E-state index < -0.39 is 10.8 Å². The van der Waals surface area contributed by atoms with E-state index in [4.69, 9.17) is 4.98 Å². The van der Waals surface area contributed by atoms with Crippen molar-refractivity contribution in [3.8, 4) is 11.3 Å². The number of fused-ring (bicyclic) bond motifs is 1. The average Bonchev–Trinajstić information content (AvgIpc) is 2.81. The summed E-state index contributed by atoms with van der Waals surface area (Å²) in [5, 5.41) is 3.65. The summed E-state index contributed by atoms with van der Waals surface area (Å²) in [6, 6.07) is 22.6. The van der Waals surface area contributed by atoms with E-state index in [0.29, 0.717) is 39.0 Å². The number of rotatable bonds is 6. The Labute approximate surface area is 189 Å². The van der Waals surface area contributed by atoms with E-state index in [2.05, 4.69) is 5.32 Å². The second-order valence-electron chi connectivity index (χ2n) is 7.49. The average molecular weight is 447 g/mol. The highest BCUT2D eigenvalue weighted by atomic mass is 32.2. The van der Waals surface area contributed by atoms with Gasteiger partial charge in [-0.15, -0.1) is 0 Å². The molecule has 6 heteroatoms. The number of hydrogen-bond acceptors (Lipinski definition) is 3. The SMILES string of the molecule is CCC(NC(=O)c1c([S@](C)=O)c(-c2ccccc2)nc2ccccc12)c1cccc(F)c1. The fraction of sp³-hybridized carbons (Fsp3) is 0.154. The van der Waals surface area contributed by atoms with E-state index in [0.717, 1.165) is 5.56 Å². The first-order valence-electron chi connectivity index (χ1n) is 10.4. The van der Waals surface area contributed by atoms with Crippen LogP contribution in [0.1, 0.15) is 35.3 Å². The van der Waals surface area contributed by atoms with E-state index in [1.54, 1.807) is 18.4 Å². The largest absolute Gasteiger partial charge is 0.345 e. The molecule has 4 rings (SSSR count). The molecule has 1 amide bonds. The highest BCUT2D eigenvalue weighted by molar-refractivity contribution is 7.84. The molecule has 0 saturated carbocycles. The van der Waals surface area contributed by atoms with Crippen LogP contribution < -0.4 is 5.32 Å². The number of halogens is 1. The first-order chi connectivity index (χ1) is 15.5. The number of para-hydroxylation sites is 1. The number of pyridine rings is 1. The molecule has 0 aliphatic rings. The second-order valence-corrected chi connectivity index (χ2v) is 8.81. The number of nitrogens with zero attached hydrogens (tertiary/aromatic N) is 1. The minimum Gasteiger partial charge on any atom is -0.345 e. The first-order valence-corrected chi connectivity index (χ1v) is 11.9. The molecule has 0 fully saturated rings. The van der Waals surface area contributed by atoms with Gasteiger partial charge in [-0.3, -0.25) is 9.00 Å². The molecule has 1 N–H and O–H groups in total. The Kier molecular flexibility index (Phi) is 6.42. The van der Waals surface area contributed by atoms with Gasteiger partial charge < -0.3 is 5.32 Å². The molecule has 0 aliphatic carbocycles. The fourth-order valence-electron chi connectivity index (χ4n) is 3.87. The molecule has 32 heavy (non-hydrogen) atoms. The monoisotopic (exact) mass is 446 g/mol. The molecule has 0 saturated heterocycles. The van der Waals surface area contributed by atoms with Gasteiger partial charge in [0, 0.05) is 17.2 Å². The van der Waals surface area contributed by atoms with E-state index >= 15 is 0 Å². The van der Waals surface area contributed by atoms with E-state index in [1.165, 1.54) is 12.1 Å². The van der Waals surface area contributed by atoms with Gasteiger partial charge in [-0.05, 0) is 30.2 Å². The Hall–Kier alpha value is -3.38. The van der Waals surface area contributed by atoms with Crippen LogP contribution in [0.2, 0.25) is 0 Å². The Morgan fingerprint density at radius 1 is 1.03 bits per heavy atom. The zero-order chi connectivity index (χ0) is 22.7. The van der Waals surface area contributed by atoms with Crippen LogP contribution in [0.4, 0.5) is 4.39 Å². The van der Waals surface area contributed by atoms with Gasteiger partial charge in [0.15, 0.2) is 0 Å². The van der Waals surface area contributed by atoms with Crippen LogP contribution in [0, 0.1) is 5.82 Å². The third kappa shape index (κ3) is 4.32. The minimum absolute atomic E-state index is 0.338. The molecular formula is C26H23FN2O2S. The maximum absolute atomic E-state index is 13.8. The molecule has 1 unspecified atom stereocenters. The molecule has 1 aromatic heterocycles. The third-order valence-corrected chi connectivity index (χ3v) is 6.35. The van der Waals surface area contributed by atoms with Gasteiger partial charge in [0.2, 0.25) is 0 Å². The Bertz CT molecular complexity index is 1310. The predicted molar refractivity (Wildman–Crippen MR) is 126 cm³/mol. The zero-order valence-corrected chi connectivity index (χ0v) is 18.7. The van der Waals surface area contributed by atoms with Crippen LogP contribution >= 0.6 is 0 Å². The van der Waals surface area contributed by atoms with E-state index in [1.807, 2.05) is 61.5 Å². The molecule has 2 atom stereocenters. The normalized spacial score (nSPS) is 13.0. The van der Waals surface area contributed by atoms with Crippen molar-refractivity contribution in [1.29, 1.82) is 0 Å². The van der Waals surface area contributed by atoms with Gasteiger partial charge in [0.05, 0.1) is 38.5 Å². The van der Waals surface area contributed by atoms with Crippen molar-refractivity contribution >= 4 is 27.6 Å². The molecule has 0 aliphatic heterocycles. The zero-order valence-electron chi connectivity index (χ0n) is 17.8. The van der Waals surface area contributed by atoms with E-state index in [-0.39, 0.29) is 17.8 Å². The molecule has 0 spiro atoms. The number of hydrogen-bond donors (Lipinski definition) is 1. The van der Waals surface area contributed by atoms with Gasteiger partial charge in [-0.25, -0.2) is 9.37 Å². The van der Waals surface area contributed by atoms with Crippen molar-refractivity contribution in [2.45, 2.75) is 24.3 Å². The van der Waals surface area contributed by atoms with Crippen LogP contribution in [0.25, 0.3) is 22.2 Å². The van der Waals surface area contributed by atoms with Crippen LogP contribution in [0.15, 0.2) is 83.8 Å². The summed E-state index contributed by atoms with van der Waals surface area (Å²) in [4.78, 5) is 18.8. The Morgan fingerprint density at radius 3 is 2.44 bits per heavy atom. The summed E-state index contributed by atoms with van der Waals surface area (Å²) in [5.41, 5.74) is 2.97. The molecule has 1 heterocycles. The molecule has 162 valence electrons. The lowest BCUT2D eigenvalue weighted by atomic mass is 10.0. The number of carbonyl (C=O) groups is 1. The molecule has 0 radical (unpaired) electrons. The second kappa shape index (κ2) is 9.40. The van der Waals surface area contributed by atoms with Crippen molar-refractivity contribution in [1.82, 2.24) is 10.3 Å². The van der Waals surface area contributed by atoms with Crippen LogP contribution in [0.3, 0.4) is 0 Å². The number of carbonyl (C=O) groups excluding carboxylic acids is 1. The maximum atomic E-state index is 13.8. The summed E-state index contributed by atoms with van der Waals surface area (Å²) in [6.45, 7) is 1.93. The summed E-state index contributed by atoms with van der Waals surface area (Å²) in [6.07, 6.45) is 2.13. The van der Waals surface area contributed by atoms with Crippen molar-refractivity contribution in [3.63, 3.8) is 0 Å². The number of benzene rings is 3. The van der Waals surface area contributed by atoms with Crippen molar-refractivity contribution in [2.75, 3.05) is 6.26 Å². The maximum Gasteiger partial charge on any atom is 0.253 e. The number of aromatic nitrogens is 1. The quantitative estimate of drug-likeness (QED) is 0.416.